The summed E-state index contributed by atoms with van der Waals surface area (Å²) in [4.78, 5) is 12.7. The van der Waals surface area contributed by atoms with Crippen molar-refractivity contribution in [3.63, 3.8) is 0 Å². The topological polar surface area (TPSA) is 44.8 Å². The maximum Gasteiger partial charge on any atom is 0.336 e. The van der Waals surface area contributed by atoms with Gasteiger partial charge in [0.15, 0.2) is 12.2 Å². The molecule has 0 radical (unpaired) electrons. The van der Waals surface area contributed by atoms with Gasteiger partial charge in [0.2, 0.25) is 0 Å². The highest BCUT2D eigenvalue weighted by Gasteiger charge is 2.38. The van der Waals surface area contributed by atoms with Crippen molar-refractivity contribution in [2.75, 3.05) is 13.7 Å². The number of carbonyl (C=O) groups is 1. The van der Waals surface area contributed by atoms with Gasteiger partial charge < -0.3 is 14.2 Å². The largest absolute Gasteiger partial charge is 0.452 e. The highest BCUT2D eigenvalue weighted by atomic mass is 16.6. The van der Waals surface area contributed by atoms with Crippen LogP contribution in [0, 0.1) is 5.92 Å². The number of cyclic esters (lactones) is 1. The minimum atomic E-state index is -0.722. The SMILES string of the molecule is C=C[C@@H]1CO[C@H](c2ccccc2)[C@@H](c2ccccc2)OC(=O)[C@H]1OC. The maximum atomic E-state index is 12.7. The van der Waals surface area contributed by atoms with E-state index in [1.807, 2.05) is 60.7 Å². The predicted molar refractivity (Wildman–Crippen MR) is 94.9 cm³/mol. The first-order valence-electron chi connectivity index (χ1n) is 8.32. The van der Waals surface area contributed by atoms with Crippen molar-refractivity contribution in [3.05, 3.63) is 84.4 Å². The Morgan fingerprint density at radius 2 is 1.56 bits per heavy atom. The minimum Gasteiger partial charge on any atom is -0.452 e. The molecule has 1 heterocycles. The molecule has 0 aromatic heterocycles. The summed E-state index contributed by atoms with van der Waals surface area (Å²) in [6, 6.07) is 19.4. The number of carbonyl (C=O) groups excluding carboxylic acids is 1. The lowest BCUT2D eigenvalue weighted by atomic mass is 9.95. The standard InChI is InChI=1S/C21H22O4/c1-3-15-14-24-18(16-10-6-4-7-11-16)19(17-12-8-5-9-13-17)25-21(22)20(15)23-2/h3-13,15,18-20H,1,14H2,2H3/t15-,18-,19-,20+/m1/s1. The van der Waals surface area contributed by atoms with Gasteiger partial charge in [-0.3, -0.25) is 0 Å². The van der Waals surface area contributed by atoms with Gasteiger partial charge in [-0.05, 0) is 11.1 Å². The van der Waals surface area contributed by atoms with E-state index in [1.165, 1.54) is 7.11 Å². The van der Waals surface area contributed by atoms with Crippen LogP contribution in [0.1, 0.15) is 23.3 Å². The third kappa shape index (κ3) is 3.81. The molecule has 1 aliphatic heterocycles. The smallest absolute Gasteiger partial charge is 0.336 e. The lowest BCUT2D eigenvalue weighted by Crippen LogP contribution is -2.39. The lowest BCUT2D eigenvalue weighted by Gasteiger charge is -2.34. The normalized spacial score (nSPS) is 27.0. The van der Waals surface area contributed by atoms with Crippen molar-refractivity contribution >= 4 is 5.97 Å². The summed E-state index contributed by atoms with van der Waals surface area (Å²) in [7, 11) is 1.50. The van der Waals surface area contributed by atoms with Gasteiger partial charge >= 0.3 is 5.97 Å². The van der Waals surface area contributed by atoms with Crippen LogP contribution in [-0.2, 0) is 19.0 Å². The summed E-state index contributed by atoms with van der Waals surface area (Å²) < 4.78 is 17.4. The van der Waals surface area contributed by atoms with Crippen LogP contribution in [0.15, 0.2) is 73.3 Å². The van der Waals surface area contributed by atoms with Crippen LogP contribution in [0.25, 0.3) is 0 Å². The molecule has 0 spiro atoms. The summed E-state index contributed by atoms with van der Waals surface area (Å²) in [5.41, 5.74) is 1.85. The van der Waals surface area contributed by atoms with E-state index in [4.69, 9.17) is 14.2 Å². The van der Waals surface area contributed by atoms with Crippen molar-refractivity contribution in [2.45, 2.75) is 18.3 Å². The highest BCUT2D eigenvalue weighted by Crippen LogP contribution is 2.38. The Morgan fingerprint density at radius 3 is 2.08 bits per heavy atom. The fraction of sp³-hybridized carbons (Fsp3) is 0.286. The molecule has 0 bridgehead atoms. The van der Waals surface area contributed by atoms with Crippen molar-refractivity contribution in [1.29, 1.82) is 0 Å². The number of hydrogen-bond acceptors (Lipinski definition) is 4. The quantitative estimate of drug-likeness (QED) is 0.627. The van der Waals surface area contributed by atoms with Crippen LogP contribution in [-0.4, -0.2) is 25.8 Å². The third-order valence-electron chi connectivity index (χ3n) is 4.42. The van der Waals surface area contributed by atoms with E-state index in [0.29, 0.717) is 6.61 Å². The molecular weight excluding hydrogens is 316 g/mol. The molecule has 130 valence electrons. The zero-order valence-electron chi connectivity index (χ0n) is 14.2. The second-order valence-electron chi connectivity index (χ2n) is 5.99. The molecule has 4 atom stereocenters. The Kier molecular flexibility index (Phi) is 5.64. The summed E-state index contributed by atoms with van der Waals surface area (Å²) in [6.45, 7) is 4.13. The zero-order chi connectivity index (χ0) is 17.6. The molecule has 0 saturated carbocycles. The van der Waals surface area contributed by atoms with Crippen LogP contribution >= 0.6 is 0 Å². The maximum absolute atomic E-state index is 12.7. The van der Waals surface area contributed by atoms with E-state index in [-0.39, 0.29) is 5.92 Å². The predicted octanol–water partition coefficient (Wildman–Crippen LogP) is 3.86. The summed E-state index contributed by atoms with van der Waals surface area (Å²) in [5, 5.41) is 0. The number of esters is 1. The Hall–Kier alpha value is -2.43. The van der Waals surface area contributed by atoms with Crippen molar-refractivity contribution in [1.82, 2.24) is 0 Å². The number of methoxy groups -OCH3 is 1. The summed E-state index contributed by atoms with van der Waals surface area (Å²) in [6.07, 6.45) is 0.0214. The molecule has 1 fully saturated rings. The fourth-order valence-corrected chi connectivity index (χ4v) is 3.08. The van der Waals surface area contributed by atoms with Gasteiger partial charge in [0, 0.05) is 13.0 Å². The first-order chi connectivity index (χ1) is 12.2. The molecule has 1 aliphatic rings. The number of rotatable bonds is 4. The van der Waals surface area contributed by atoms with Crippen LogP contribution in [0.5, 0.6) is 0 Å². The van der Waals surface area contributed by atoms with Gasteiger partial charge in [-0.2, -0.15) is 0 Å². The molecule has 2 aromatic carbocycles. The molecule has 25 heavy (non-hydrogen) atoms. The van der Waals surface area contributed by atoms with E-state index >= 15 is 0 Å². The molecule has 2 aromatic rings. The van der Waals surface area contributed by atoms with E-state index < -0.39 is 24.3 Å². The monoisotopic (exact) mass is 338 g/mol. The van der Waals surface area contributed by atoms with Gasteiger partial charge in [-0.1, -0.05) is 66.7 Å². The summed E-state index contributed by atoms with van der Waals surface area (Å²) >= 11 is 0. The van der Waals surface area contributed by atoms with E-state index in [0.717, 1.165) is 11.1 Å². The van der Waals surface area contributed by atoms with Gasteiger partial charge in [0.25, 0.3) is 0 Å². The number of benzene rings is 2. The van der Waals surface area contributed by atoms with Crippen molar-refractivity contribution in [3.8, 4) is 0 Å². The minimum absolute atomic E-state index is 0.263. The van der Waals surface area contributed by atoms with Gasteiger partial charge in [0.05, 0.1) is 6.61 Å². The van der Waals surface area contributed by atoms with E-state index in [1.54, 1.807) is 6.08 Å². The average molecular weight is 338 g/mol. The third-order valence-corrected chi connectivity index (χ3v) is 4.42. The second kappa shape index (κ2) is 8.10. The average Bonchev–Trinajstić information content (AvgIpc) is 2.66. The Labute approximate surface area is 148 Å². The highest BCUT2D eigenvalue weighted by molar-refractivity contribution is 5.76. The first-order valence-corrected chi connectivity index (χ1v) is 8.32. The molecule has 4 heteroatoms. The molecule has 1 saturated heterocycles. The van der Waals surface area contributed by atoms with Crippen LogP contribution in [0.4, 0.5) is 0 Å². The van der Waals surface area contributed by atoms with Gasteiger partial charge in [-0.15, -0.1) is 6.58 Å². The molecule has 0 aliphatic carbocycles. The molecule has 0 unspecified atom stereocenters. The molecule has 4 nitrogen and oxygen atoms in total. The molecule has 0 N–H and O–H groups in total. The molecular formula is C21H22O4. The van der Waals surface area contributed by atoms with Crippen LogP contribution < -0.4 is 0 Å². The van der Waals surface area contributed by atoms with Crippen LogP contribution in [0.2, 0.25) is 0 Å². The Balaban J connectivity index is 2.00. The molecule has 0 amide bonds. The number of hydrogen-bond donors (Lipinski definition) is 0. The van der Waals surface area contributed by atoms with Crippen molar-refractivity contribution in [2.24, 2.45) is 5.92 Å². The Bertz CT molecular complexity index is 698. The zero-order valence-corrected chi connectivity index (χ0v) is 14.2. The number of ether oxygens (including phenoxy) is 3. The van der Waals surface area contributed by atoms with E-state index in [9.17, 15) is 4.79 Å². The second-order valence-corrected chi connectivity index (χ2v) is 5.99. The Morgan fingerprint density at radius 1 is 1.00 bits per heavy atom. The van der Waals surface area contributed by atoms with Gasteiger partial charge in [-0.25, -0.2) is 4.79 Å². The molecule has 3 rings (SSSR count). The summed E-state index contributed by atoms with van der Waals surface area (Å²) in [5.74, 6) is -0.661. The lowest BCUT2D eigenvalue weighted by molar-refractivity contribution is -0.184. The van der Waals surface area contributed by atoms with Gasteiger partial charge in [0.1, 0.15) is 6.10 Å². The van der Waals surface area contributed by atoms with Crippen LogP contribution in [0.3, 0.4) is 0 Å². The van der Waals surface area contributed by atoms with Crippen molar-refractivity contribution < 1.29 is 19.0 Å². The fourth-order valence-electron chi connectivity index (χ4n) is 3.08. The first kappa shape index (κ1) is 17.4. The van der Waals surface area contributed by atoms with E-state index in [2.05, 4.69) is 6.58 Å².